The molecule has 1 N–H and O–H groups in total. The van der Waals surface area contributed by atoms with Crippen molar-refractivity contribution in [1.82, 2.24) is 0 Å². The van der Waals surface area contributed by atoms with Crippen LogP contribution in [0, 0.1) is 12.7 Å². The van der Waals surface area contributed by atoms with E-state index in [2.05, 4.69) is 24.4 Å². The first kappa shape index (κ1) is 16.8. The van der Waals surface area contributed by atoms with E-state index in [1.165, 1.54) is 29.3 Å². The van der Waals surface area contributed by atoms with Gasteiger partial charge in [-0.1, -0.05) is 35.9 Å². The molecule has 0 unspecified atom stereocenters. The third-order valence-electron chi connectivity index (χ3n) is 3.31. The second-order valence-electron chi connectivity index (χ2n) is 4.99. The third kappa shape index (κ3) is 4.49. The summed E-state index contributed by atoms with van der Waals surface area (Å²) < 4.78 is 13.0. The molecule has 0 saturated carbocycles. The Morgan fingerprint density at radius 2 is 2.05 bits per heavy atom. The zero-order chi connectivity index (χ0) is 16.1. The lowest BCUT2D eigenvalue weighted by Gasteiger charge is -2.13. The third-order valence-corrected chi connectivity index (χ3v) is 4.81. The summed E-state index contributed by atoms with van der Waals surface area (Å²) in [5.41, 5.74) is 2.85. The average molecular weight is 338 g/mol. The van der Waals surface area contributed by atoms with Crippen molar-refractivity contribution >= 4 is 35.0 Å². The Hall–Kier alpha value is -1.52. The Bertz CT molecular complexity index is 677. The van der Waals surface area contributed by atoms with Gasteiger partial charge in [0.05, 0.1) is 16.0 Å². The normalized spacial score (nSPS) is 12.0. The highest BCUT2D eigenvalue weighted by Gasteiger charge is 2.15. The molecule has 116 valence electrons. The van der Waals surface area contributed by atoms with Crippen molar-refractivity contribution in [3.05, 3.63) is 64.4 Å². The van der Waals surface area contributed by atoms with Crippen LogP contribution in [0.1, 0.15) is 18.1 Å². The fraction of sp³-hybridized carbons (Fsp3) is 0.235. The number of carbonyl (C=O) groups is 1. The van der Waals surface area contributed by atoms with Gasteiger partial charge in [0, 0.05) is 5.75 Å². The summed E-state index contributed by atoms with van der Waals surface area (Å²) in [6, 6.07) is 12.0. The summed E-state index contributed by atoms with van der Waals surface area (Å²) in [4.78, 5) is 12.2. The minimum absolute atomic E-state index is 0.146. The molecule has 0 saturated heterocycles. The quantitative estimate of drug-likeness (QED) is 0.827. The van der Waals surface area contributed by atoms with Crippen LogP contribution in [0.25, 0.3) is 0 Å². The molecule has 0 aliphatic rings. The van der Waals surface area contributed by atoms with Crippen LogP contribution in [0.5, 0.6) is 0 Å². The van der Waals surface area contributed by atoms with E-state index >= 15 is 0 Å². The first-order valence-corrected chi connectivity index (χ1v) is 8.32. The van der Waals surface area contributed by atoms with E-state index in [9.17, 15) is 9.18 Å². The minimum Gasteiger partial charge on any atom is -0.324 e. The number of hydrogen-bond acceptors (Lipinski definition) is 2. The number of hydrogen-bond donors (Lipinski definition) is 1. The van der Waals surface area contributed by atoms with E-state index in [1.807, 2.05) is 19.1 Å². The molecule has 2 rings (SSSR count). The number of nitrogens with one attached hydrogen (secondary N) is 1. The van der Waals surface area contributed by atoms with Gasteiger partial charge in [0.15, 0.2) is 0 Å². The maximum atomic E-state index is 13.0. The molecule has 0 aliphatic carbocycles. The summed E-state index contributed by atoms with van der Waals surface area (Å²) in [7, 11) is 0. The van der Waals surface area contributed by atoms with Crippen LogP contribution < -0.4 is 5.32 Å². The van der Waals surface area contributed by atoms with Crippen LogP contribution in [-0.2, 0) is 10.5 Å². The molecule has 22 heavy (non-hydrogen) atoms. The summed E-state index contributed by atoms with van der Waals surface area (Å²) in [5, 5.41) is 2.69. The lowest BCUT2D eigenvalue weighted by Crippen LogP contribution is -2.22. The van der Waals surface area contributed by atoms with E-state index in [1.54, 1.807) is 11.8 Å². The standard InChI is InChI=1S/C17H17ClFNOS/c1-11-5-3-4-6-13(11)10-22-12(2)17(21)20-16-8-7-14(19)9-15(16)18/h3-9,12H,10H2,1-2H3,(H,20,21)/t12-/m0/s1. The topological polar surface area (TPSA) is 29.1 Å². The van der Waals surface area contributed by atoms with Gasteiger partial charge >= 0.3 is 0 Å². The Kier molecular flexibility index (Phi) is 5.86. The molecule has 5 heteroatoms. The highest BCUT2D eigenvalue weighted by Crippen LogP contribution is 2.25. The smallest absolute Gasteiger partial charge is 0.237 e. The maximum absolute atomic E-state index is 13.0. The summed E-state index contributed by atoms with van der Waals surface area (Å²) in [6.07, 6.45) is 0. The van der Waals surface area contributed by atoms with Crippen LogP contribution in [0.4, 0.5) is 10.1 Å². The van der Waals surface area contributed by atoms with Crippen LogP contribution in [0.15, 0.2) is 42.5 Å². The van der Waals surface area contributed by atoms with Gasteiger partial charge in [0.1, 0.15) is 5.82 Å². The van der Waals surface area contributed by atoms with Crippen molar-refractivity contribution in [3.63, 3.8) is 0 Å². The lowest BCUT2D eigenvalue weighted by atomic mass is 10.1. The van der Waals surface area contributed by atoms with Crippen molar-refractivity contribution in [2.75, 3.05) is 5.32 Å². The monoisotopic (exact) mass is 337 g/mol. The summed E-state index contributed by atoms with van der Waals surface area (Å²) >= 11 is 7.46. The molecule has 0 fully saturated rings. The number of benzene rings is 2. The van der Waals surface area contributed by atoms with E-state index in [0.29, 0.717) is 5.69 Å². The largest absolute Gasteiger partial charge is 0.324 e. The summed E-state index contributed by atoms with van der Waals surface area (Å²) in [6.45, 7) is 3.90. The molecular formula is C17H17ClFNOS. The van der Waals surface area contributed by atoms with Crippen molar-refractivity contribution in [3.8, 4) is 0 Å². The molecule has 2 aromatic rings. The SMILES string of the molecule is Cc1ccccc1CS[C@@H](C)C(=O)Nc1ccc(F)cc1Cl. The van der Waals surface area contributed by atoms with Gasteiger partial charge in [0.25, 0.3) is 0 Å². The first-order valence-electron chi connectivity index (χ1n) is 6.89. The van der Waals surface area contributed by atoms with Crippen molar-refractivity contribution < 1.29 is 9.18 Å². The van der Waals surface area contributed by atoms with Gasteiger partial charge in [0.2, 0.25) is 5.91 Å². The molecule has 1 amide bonds. The second kappa shape index (κ2) is 7.65. The Morgan fingerprint density at radius 1 is 1.32 bits per heavy atom. The van der Waals surface area contributed by atoms with Gasteiger partial charge < -0.3 is 5.32 Å². The highest BCUT2D eigenvalue weighted by molar-refractivity contribution is 7.99. The van der Waals surface area contributed by atoms with E-state index in [-0.39, 0.29) is 16.2 Å². The van der Waals surface area contributed by atoms with Crippen molar-refractivity contribution in [2.45, 2.75) is 24.9 Å². The van der Waals surface area contributed by atoms with Gasteiger partial charge in [-0.15, -0.1) is 11.8 Å². The highest BCUT2D eigenvalue weighted by atomic mass is 35.5. The first-order chi connectivity index (χ1) is 10.5. The fourth-order valence-corrected chi connectivity index (χ4v) is 3.07. The minimum atomic E-state index is -0.426. The number of aryl methyl sites for hydroxylation is 1. The van der Waals surface area contributed by atoms with Crippen LogP contribution in [0.3, 0.4) is 0 Å². The van der Waals surface area contributed by atoms with Gasteiger partial charge in [-0.25, -0.2) is 4.39 Å². The fourth-order valence-electron chi connectivity index (χ4n) is 1.89. The zero-order valence-corrected chi connectivity index (χ0v) is 14.0. The van der Waals surface area contributed by atoms with E-state index < -0.39 is 5.82 Å². The second-order valence-corrected chi connectivity index (χ2v) is 6.73. The average Bonchev–Trinajstić information content (AvgIpc) is 2.49. The molecule has 0 heterocycles. The number of halogens is 2. The molecule has 0 aromatic heterocycles. The van der Waals surface area contributed by atoms with Crippen molar-refractivity contribution in [1.29, 1.82) is 0 Å². The molecule has 1 atom stereocenters. The molecule has 0 aliphatic heterocycles. The summed E-state index contributed by atoms with van der Waals surface area (Å²) in [5.74, 6) is 0.190. The van der Waals surface area contributed by atoms with Gasteiger partial charge in [-0.3, -0.25) is 4.79 Å². The lowest BCUT2D eigenvalue weighted by molar-refractivity contribution is -0.115. The van der Waals surface area contributed by atoms with Gasteiger partial charge in [-0.2, -0.15) is 0 Å². The van der Waals surface area contributed by atoms with E-state index in [4.69, 9.17) is 11.6 Å². The Balaban J connectivity index is 1.93. The maximum Gasteiger partial charge on any atom is 0.237 e. The predicted molar refractivity (Wildman–Crippen MR) is 92.0 cm³/mol. The predicted octanol–water partition coefficient (Wildman–Crippen LogP) is 5.05. The number of carbonyl (C=O) groups excluding carboxylic acids is 1. The zero-order valence-electron chi connectivity index (χ0n) is 12.4. The number of anilines is 1. The molecular weight excluding hydrogens is 321 g/mol. The van der Waals surface area contributed by atoms with E-state index in [0.717, 1.165) is 5.75 Å². The molecule has 2 nitrogen and oxygen atoms in total. The van der Waals surface area contributed by atoms with Crippen LogP contribution in [0.2, 0.25) is 5.02 Å². The Labute approximate surface area is 139 Å². The van der Waals surface area contributed by atoms with Crippen LogP contribution in [-0.4, -0.2) is 11.2 Å². The van der Waals surface area contributed by atoms with Crippen molar-refractivity contribution in [2.24, 2.45) is 0 Å². The molecule has 0 radical (unpaired) electrons. The van der Waals surface area contributed by atoms with Gasteiger partial charge in [-0.05, 0) is 43.2 Å². The molecule has 2 aromatic carbocycles. The van der Waals surface area contributed by atoms with Crippen LogP contribution >= 0.6 is 23.4 Å². The molecule has 0 bridgehead atoms. The molecule has 0 spiro atoms. The number of rotatable bonds is 5. The number of amides is 1. The Morgan fingerprint density at radius 3 is 2.73 bits per heavy atom. The number of thioether (sulfide) groups is 1.